The van der Waals surface area contributed by atoms with Crippen molar-refractivity contribution < 1.29 is 19.0 Å². The van der Waals surface area contributed by atoms with Crippen LogP contribution in [-0.4, -0.2) is 32.2 Å². The fourth-order valence-corrected chi connectivity index (χ4v) is 3.45. The lowest BCUT2D eigenvalue weighted by molar-refractivity contribution is -0.111. The Morgan fingerprint density at radius 2 is 1.72 bits per heavy atom. The normalized spacial score (nSPS) is 10.8. The molecule has 150 valence electrons. The van der Waals surface area contributed by atoms with E-state index in [2.05, 4.69) is 10.3 Å². The predicted octanol–water partition coefficient (Wildman–Crippen LogP) is 5.14. The summed E-state index contributed by atoms with van der Waals surface area (Å²) in [5.74, 6) is 1.23. The number of anilines is 1. The number of carbonyl (C=O) groups excluding carboxylic acids is 1. The Morgan fingerprint density at radius 3 is 2.31 bits per heavy atom. The largest absolute Gasteiger partial charge is 0.493 e. The first-order valence-electron chi connectivity index (χ1n) is 8.54. The highest BCUT2D eigenvalue weighted by molar-refractivity contribution is 7.14. The first-order chi connectivity index (χ1) is 14.0. The molecule has 1 aromatic heterocycles. The molecular weight excluding hydrogens is 412 g/mol. The number of amides is 1. The molecule has 0 radical (unpaired) electrons. The Kier molecular flexibility index (Phi) is 6.74. The first-order valence-corrected chi connectivity index (χ1v) is 9.80. The number of nitrogens with one attached hydrogen (secondary N) is 1. The maximum atomic E-state index is 12.3. The van der Waals surface area contributed by atoms with Crippen LogP contribution in [0.1, 0.15) is 5.56 Å². The van der Waals surface area contributed by atoms with Crippen molar-refractivity contribution in [2.75, 3.05) is 26.6 Å². The van der Waals surface area contributed by atoms with Gasteiger partial charge >= 0.3 is 0 Å². The van der Waals surface area contributed by atoms with E-state index in [0.717, 1.165) is 16.8 Å². The standard InChI is InChI=1S/C21H19ClN2O4S/c1-26-17-10-13(11-18(27-2)20(17)28-3)4-9-19(25)24-21-23-16(12-29-21)14-5-7-15(22)8-6-14/h4-12H,1-3H3,(H,23,24,25)/b9-4+. The number of rotatable bonds is 7. The van der Waals surface area contributed by atoms with Crippen molar-refractivity contribution in [1.29, 1.82) is 0 Å². The quantitative estimate of drug-likeness (QED) is 0.525. The average Bonchev–Trinajstić information content (AvgIpc) is 3.20. The zero-order valence-electron chi connectivity index (χ0n) is 16.1. The molecule has 8 heteroatoms. The van der Waals surface area contributed by atoms with Gasteiger partial charge in [-0.25, -0.2) is 4.98 Å². The van der Waals surface area contributed by atoms with Crippen LogP contribution in [-0.2, 0) is 4.79 Å². The van der Waals surface area contributed by atoms with Gasteiger partial charge in [0.25, 0.3) is 0 Å². The second kappa shape index (κ2) is 9.45. The molecular formula is C21H19ClN2O4S. The number of thiazole rings is 1. The molecule has 0 bridgehead atoms. The van der Waals surface area contributed by atoms with E-state index in [9.17, 15) is 4.79 Å². The van der Waals surface area contributed by atoms with Gasteiger partial charge in [-0.05, 0) is 35.9 Å². The SMILES string of the molecule is COc1cc(/C=C/C(=O)Nc2nc(-c3ccc(Cl)cc3)cs2)cc(OC)c1OC. The van der Waals surface area contributed by atoms with E-state index in [1.54, 1.807) is 30.3 Å². The van der Waals surface area contributed by atoms with E-state index in [1.165, 1.54) is 38.7 Å². The maximum absolute atomic E-state index is 12.3. The highest BCUT2D eigenvalue weighted by atomic mass is 35.5. The van der Waals surface area contributed by atoms with Crippen LogP contribution in [0.5, 0.6) is 17.2 Å². The summed E-state index contributed by atoms with van der Waals surface area (Å²) in [6, 6.07) is 10.9. The fourth-order valence-electron chi connectivity index (χ4n) is 2.60. The number of carbonyl (C=O) groups is 1. The van der Waals surface area contributed by atoms with E-state index in [1.807, 2.05) is 17.5 Å². The number of halogens is 1. The van der Waals surface area contributed by atoms with Crippen LogP contribution < -0.4 is 19.5 Å². The van der Waals surface area contributed by atoms with E-state index < -0.39 is 0 Å². The number of aromatic nitrogens is 1. The summed E-state index contributed by atoms with van der Waals surface area (Å²) in [4.78, 5) is 16.7. The van der Waals surface area contributed by atoms with Gasteiger partial charge in [-0.2, -0.15) is 0 Å². The maximum Gasteiger partial charge on any atom is 0.250 e. The number of methoxy groups -OCH3 is 3. The Balaban J connectivity index is 1.71. The second-order valence-corrected chi connectivity index (χ2v) is 7.12. The first kappa shape index (κ1) is 20.7. The summed E-state index contributed by atoms with van der Waals surface area (Å²) >= 11 is 7.26. The molecule has 0 aliphatic heterocycles. The van der Waals surface area contributed by atoms with E-state index in [-0.39, 0.29) is 5.91 Å². The summed E-state index contributed by atoms with van der Waals surface area (Å²) in [6.07, 6.45) is 3.08. The molecule has 6 nitrogen and oxygen atoms in total. The van der Waals surface area contributed by atoms with E-state index >= 15 is 0 Å². The van der Waals surface area contributed by atoms with Gasteiger partial charge in [-0.15, -0.1) is 11.3 Å². The average molecular weight is 431 g/mol. The van der Waals surface area contributed by atoms with Crippen LogP contribution in [0.25, 0.3) is 17.3 Å². The minimum Gasteiger partial charge on any atom is -0.493 e. The number of ether oxygens (including phenoxy) is 3. The van der Waals surface area contributed by atoms with Crippen molar-refractivity contribution in [3.63, 3.8) is 0 Å². The molecule has 0 aliphatic rings. The molecule has 0 atom stereocenters. The van der Waals surface area contributed by atoms with Crippen molar-refractivity contribution in [1.82, 2.24) is 4.98 Å². The Morgan fingerprint density at radius 1 is 1.07 bits per heavy atom. The van der Waals surface area contributed by atoms with Gasteiger partial charge in [0.2, 0.25) is 11.7 Å². The predicted molar refractivity (Wildman–Crippen MR) is 116 cm³/mol. The third-order valence-electron chi connectivity index (χ3n) is 3.99. The van der Waals surface area contributed by atoms with Crippen LogP contribution in [0.2, 0.25) is 5.02 Å². The molecule has 0 fully saturated rings. The third kappa shape index (κ3) is 5.07. The molecule has 29 heavy (non-hydrogen) atoms. The van der Waals surface area contributed by atoms with Crippen LogP contribution in [0.15, 0.2) is 47.9 Å². The van der Waals surface area contributed by atoms with Gasteiger partial charge in [-0.1, -0.05) is 23.7 Å². The van der Waals surface area contributed by atoms with Crippen LogP contribution in [0.3, 0.4) is 0 Å². The van der Waals surface area contributed by atoms with Gasteiger partial charge in [0.15, 0.2) is 16.6 Å². The zero-order chi connectivity index (χ0) is 20.8. The van der Waals surface area contributed by atoms with Gasteiger partial charge in [0, 0.05) is 22.0 Å². The Hall–Kier alpha value is -3.03. The summed E-state index contributed by atoms with van der Waals surface area (Å²) in [5, 5.41) is 5.81. The number of nitrogens with zero attached hydrogens (tertiary/aromatic N) is 1. The number of hydrogen-bond acceptors (Lipinski definition) is 6. The second-order valence-electron chi connectivity index (χ2n) is 5.83. The lowest BCUT2D eigenvalue weighted by Gasteiger charge is -2.12. The topological polar surface area (TPSA) is 69.7 Å². The summed E-state index contributed by atoms with van der Waals surface area (Å²) in [6.45, 7) is 0. The van der Waals surface area contributed by atoms with Gasteiger partial charge in [0.05, 0.1) is 27.0 Å². The van der Waals surface area contributed by atoms with Crippen LogP contribution in [0.4, 0.5) is 5.13 Å². The van der Waals surface area contributed by atoms with Gasteiger partial charge in [0.1, 0.15) is 0 Å². The van der Waals surface area contributed by atoms with Gasteiger partial charge < -0.3 is 14.2 Å². The molecule has 0 saturated carbocycles. The zero-order valence-corrected chi connectivity index (χ0v) is 17.6. The molecule has 0 aliphatic carbocycles. The summed E-state index contributed by atoms with van der Waals surface area (Å²) in [7, 11) is 4.62. The molecule has 0 unspecified atom stereocenters. The molecule has 0 spiro atoms. The monoisotopic (exact) mass is 430 g/mol. The Bertz CT molecular complexity index is 1010. The van der Waals surface area contributed by atoms with E-state index in [0.29, 0.717) is 27.4 Å². The van der Waals surface area contributed by atoms with Crippen molar-refractivity contribution >= 4 is 40.1 Å². The minimum absolute atomic E-state index is 0.296. The molecule has 2 aromatic carbocycles. The molecule has 0 saturated heterocycles. The fraction of sp³-hybridized carbons (Fsp3) is 0.143. The van der Waals surface area contributed by atoms with E-state index in [4.69, 9.17) is 25.8 Å². The van der Waals surface area contributed by atoms with Crippen molar-refractivity contribution in [3.05, 3.63) is 58.4 Å². The van der Waals surface area contributed by atoms with Crippen LogP contribution >= 0.6 is 22.9 Å². The van der Waals surface area contributed by atoms with Crippen molar-refractivity contribution in [2.24, 2.45) is 0 Å². The number of hydrogen-bond donors (Lipinski definition) is 1. The Labute approximate surface area is 177 Å². The van der Waals surface area contributed by atoms with Gasteiger partial charge in [-0.3, -0.25) is 10.1 Å². The minimum atomic E-state index is -0.296. The summed E-state index contributed by atoms with van der Waals surface area (Å²) < 4.78 is 15.9. The number of benzene rings is 2. The third-order valence-corrected chi connectivity index (χ3v) is 5.00. The molecule has 1 heterocycles. The lowest BCUT2D eigenvalue weighted by atomic mass is 10.1. The smallest absolute Gasteiger partial charge is 0.250 e. The highest BCUT2D eigenvalue weighted by Gasteiger charge is 2.12. The molecule has 3 rings (SSSR count). The highest BCUT2D eigenvalue weighted by Crippen LogP contribution is 2.38. The van der Waals surface area contributed by atoms with Crippen molar-refractivity contribution in [2.45, 2.75) is 0 Å². The lowest BCUT2D eigenvalue weighted by Crippen LogP contribution is -2.07. The molecule has 3 aromatic rings. The molecule has 1 N–H and O–H groups in total. The molecule has 1 amide bonds. The summed E-state index contributed by atoms with van der Waals surface area (Å²) in [5.41, 5.74) is 2.44. The van der Waals surface area contributed by atoms with Crippen LogP contribution in [0, 0.1) is 0 Å². The van der Waals surface area contributed by atoms with Crippen molar-refractivity contribution in [3.8, 4) is 28.5 Å².